The second-order valence-electron chi connectivity index (χ2n) is 6.88. The van der Waals surface area contributed by atoms with Gasteiger partial charge in [-0.2, -0.15) is 0 Å². The second kappa shape index (κ2) is 7.26. The monoisotopic (exact) mass is 316 g/mol. The molecule has 23 heavy (non-hydrogen) atoms. The van der Waals surface area contributed by atoms with E-state index in [1.807, 2.05) is 51.1 Å². The molecule has 2 rings (SSSR count). The quantitative estimate of drug-likeness (QED) is 0.908. The van der Waals surface area contributed by atoms with E-state index in [1.54, 1.807) is 6.92 Å². The summed E-state index contributed by atoms with van der Waals surface area (Å²) in [5.41, 5.74) is 0.706. The van der Waals surface area contributed by atoms with Crippen LogP contribution in [0.15, 0.2) is 30.3 Å². The Morgan fingerprint density at radius 2 is 1.65 bits per heavy atom. The van der Waals surface area contributed by atoms with E-state index in [0.29, 0.717) is 0 Å². The van der Waals surface area contributed by atoms with Gasteiger partial charge in [0.15, 0.2) is 0 Å². The summed E-state index contributed by atoms with van der Waals surface area (Å²) in [6.07, 6.45) is 1.54. The van der Waals surface area contributed by atoms with Crippen LogP contribution in [0, 0.1) is 0 Å². The zero-order valence-electron chi connectivity index (χ0n) is 14.6. The van der Waals surface area contributed by atoms with Gasteiger partial charge in [-0.1, -0.05) is 30.3 Å². The molecule has 1 N–H and O–H groups in total. The topological polar surface area (TPSA) is 49.4 Å². The molecule has 4 heteroatoms. The van der Waals surface area contributed by atoms with Gasteiger partial charge in [-0.25, -0.2) is 0 Å². The maximum Gasteiger partial charge on any atom is 0.237 e. The van der Waals surface area contributed by atoms with E-state index in [9.17, 15) is 9.59 Å². The molecule has 1 saturated heterocycles. The van der Waals surface area contributed by atoms with Gasteiger partial charge in [0, 0.05) is 19.1 Å². The molecule has 0 bridgehead atoms. The van der Waals surface area contributed by atoms with E-state index >= 15 is 0 Å². The summed E-state index contributed by atoms with van der Waals surface area (Å²) in [5.74, 6) is 0.290. The predicted octanol–water partition coefficient (Wildman–Crippen LogP) is 2.52. The fourth-order valence-corrected chi connectivity index (χ4v) is 3.47. The molecule has 126 valence electrons. The van der Waals surface area contributed by atoms with Crippen molar-refractivity contribution in [3.05, 3.63) is 35.9 Å². The summed E-state index contributed by atoms with van der Waals surface area (Å²) in [6, 6.07) is 10.0. The summed E-state index contributed by atoms with van der Waals surface area (Å²) in [6.45, 7) is 9.11. The van der Waals surface area contributed by atoms with E-state index in [2.05, 4.69) is 10.2 Å². The lowest BCUT2D eigenvalue weighted by molar-refractivity contribution is -0.128. The molecule has 1 atom stereocenters. The summed E-state index contributed by atoms with van der Waals surface area (Å²) >= 11 is 0. The highest BCUT2D eigenvalue weighted by Gasteiger charge is 2.41. The molecular weight excluding hydrogens is 288 g/mol. The zero-order chi connectivity index (χ0) is 17.0. The Morgan fingerprint density at radius 3 is 2.13 bits per heavy atom. The Bertz CT molecular complexity index is 546. The molecule has 0 aliphatic carbocycles. The van der Waals surface area contributed by atoms with Gasteiger partial charge in [-0.15, -0.1) is 0 Å². The van der Waals surface area contributed by atoms with Crippen LogP contribution in [0.5, 0.6) is 0 Å². The molecule has 1 amide bonds. The number of piperidine rings is 1. The Morgan fingerprint density at radius 1 is 1.09 bits per heavy atom. The number of hydrogen-bond donors (Lipinski definition) is 1. The zero-order valence-corrected chi connectivity index (χ0v) is 14.6. The molecule has 1 aliphatic heterocycles. The van der Waals surface area contributed by atoms with Crippen molar-refractivity contribution in [2.45, 2.75) is 58.0 Å². The van der Waals surface area contributed by atoms with Crippen molar-refractivity contribution in [3.63, 3.8) is 0 Å². The first-order valence-corrected chi connectivity index (χ1v) is 8.48. The first-order valence-electron chi connectivity index (χ1n) is 8.48. The van der Waals surface area contributed by atoms with Gasteiger partial charge in [0.05, 0.1) is 11.5 Å². The molecule has 1 aromatic carbocycles. The van der Waals surface area contributed by atoms with E-state index in [4.69, 9.17) is 0 Å². The molecular formula is C19H28N2O2. The SMILES string of the molecule is CC(=O)C1(c2ccccc2)CCN([C@@H](C)C(=O)NC(C)C)CC1. The average Bonchev–Trinajstić information content (AvgIpc) is 2.54. The third kappa shape index (κ3) is 3.81. The minimum atomic E-state index is -0.397. The van der Waals surface area contributed by atoms with Gasteiger partial charge in [-0.3, -0.25) is 14.5 Å². The maximum absolute atomic E-state index is 12.4. The lowest BCUT2D eigenvalue weighted by Gasteiger charge is -2.42. The summed E-state index contributed by atoms with van der Waals surface area (Å²) in [7, 11) is 0. The summed E-state index contributed by atoms with van der Waals surface area (Å²) in [5, 5.41) is 2.97. The third-order valence-electron chi connectivity index (χ3n) is 5.01. The van der Waals surface area contributed by atoms with Crippen molar-refractivity contribution < 1.29 is 9.59 Å². The number of Topliss-reactive ketones (excluding diaryl/α,β-unsaturated/α-hetero) is 1. The largest absolute Gasteiger partial charge is 0.353 e. The summed E-state index contributed by atoms with van der Waals surface area (Å²) < 4.78 is 0. The van der Waals surface area contributed by atoms with E-state index in [-0.39, 0.29) is 23.8 Å². The van der Waals surface area contributed by atoms with Crippen LogP contribution >= 0.6 is 0 Å². The van der Waals surface area contributed by atoms with Crippen LogP contribution in [0.2, 0.25) is 0 Å². The molecule has 1 fully saturated rings. The van der Waals surface area contributed by atoms with E-state index in [0.717, 1.165) is 31.5 Å². The standard InChI is InChI=1S/C19H28N2O2/c1-14(2)20-18(23)15(3)21-12-10-19(11-13-21,16(4)22)17-8-6-5-7-9-17/h5-9,14-15H,10-13H2,1-4H3,(H,20,23)/t15-/m0/s1. The lowest BCUT2D eigenvalue weighted by Crippen LogP contribution is -2.53. The van der Waals surface area contributed by atoms with Crippen molar-refractivity contribution in [1.82, 2.24) is 10.2 Å². The fourth-order valence-electron chi connectivity index (χ4n) is 3.47. The van der Waals surface area contributed by atoms with Crippen LogP contribution in [-0.2, 0) is 15.0 Å². The first-order chi connectivity index (χ1) is 10.9. The van der Waals surface area contributed by atoms with Crippen molar-refractivity contribution in [2.75, 3.05) is 13.1 Å². The molecule has 0 unspecified atom stereocenters. The van der Waals surface area contributed by atoms with Crippen LogP contribution in [-0.4, -0.2) is 41.8 Å². The number of carbonyl (C=O) groups excluding carboxylic acids is 2. The van der Waals surface area contributed by atoms with Gasteiger partial charge < -0.3 is 5.32 Å². The summed E-state index contributed by atoms with van der Waals surface area (Å²) in [4.78, 5) is 26.8. The molecule has 0 saturated carbocycles. The minimum Gasteiger partial charge on any atom is -0.353 e. The van der Waals surface area contributed by atoms with Gasteiger partial charge in [0.2, 0.25) is 5.91 Å². The number of hydrogen-bond acceptors (Lipinski definition) is 3. The lowest BCUT2D eigenvalue weighted by atomic mass is 9.70. The molecule has 1 heterocycles. The van der Waals surface area contributed by atoms with Crippen molar-refractivity contribution >= 4 is 11.7 Å². The highest BCUT2D eigenvalue weighted by molar-refractivity contribution is 5.88. The normalized spacial score (nSPS) is 19.3. The number of benzene rings is 1. The number of amides is 1. The van der Waals surface area contributed by atoms with Crippen LogP contribution < -0.4 is 5.32 Å². The highest BCUT2D eigenvalue weighted by atomic mass is 16.2. The maximum atomic E-state index is 12.4. The van der Waals surface area contributed by atoms with Gasteiger partial charge >= 0.3 is 0 Å². The minimum absolute atomic E-state index is 0.0648. The number of ketones is 1. The number of nitrogens with one attached hydrogen (secondary N) is 1. The van der Waals surface area contributed by atoms with E-state index < -0.39 is 5.41 Å². The number of rotatable bonds is 5. The van der Waals surface area contributed by atoms with Crippen LogP contribution in [0.3, 0.4) is 0 Å². The molecule has 1 aliphatic rings. The van der Waals surface area contributed by atoms with Crippen molar-refractivity contribution in [3.8, 4) is 0 Å². The average molecular weight is 316 g/mol. The number of likely N-dealkylation sites (tertiary alicyclic amines) is 1. The van der Waals surface area contributed by atoms with Gasteiger partial charge in [0.25, 0.3) is 0 Å². The second-order valence-corrected chi connectivity index (χ2v) is 6.88. The Balaban J connectivity index is 2.09. The van der Waals surface area contributed by atoms with Crippen molar-refractivity contribution in [2.24, 2.45) is 0 Å². The molecule has 4 nitrogen and oxygen atoms in total. The van der Waals surface area contributed by atoms with Crippen LogP contribution in [0.1, 0.15) is 46.1 Å². The Hall–Kier alpha value is -1.68. The van der Waals surface area contributed by atoms with Crippen LogP contribution in [0.25, 0.3) is 0 Å². The molecule has 0 aromatic heterocycles. The molecule has 1 aromatic rings. The van der Waals surface area contributed by atoms with Gasteiger partial charge in [0.1, 0.15) is 5.78 Å². The number of carbonyl (C=O) groups is 2. The van der Waals surface area contributed by atoms with Gasteiger partial charge in [-0.05, 0) is 46.1 Å². The highest BCUT2D eigenvalue weighted by Crippen LogP contribution is 2.36. The Kier molecular flexibility index (Phi) is 5.58. The Labute approximate surface area is 139 Å². The first kappa shape index (κ1) is 17.7. The fraction of sp³-hybridized carbons (Fsp3) is 0.579. The predicted molar refractivity (Wildman–Crippen MR) is 92.3 cm³/mol. The molecule has 0 radical (unpaired) electrons. The number of nitrogens with zero attached hydrogens (tertiary/aromatic N) is 1. The third-order valence-corrected chi connectivity index (χ3v) is 5.01. The van der Waals surface area contributed by atoms with Crippen molar-refractivity contribution in [1.29, 1.82) is 0 Å². The van der Waals surface area contributed by atoms with E-state index in [1.165, 1.54) is 0 Å². The molecule has 0 spiro atoms. The van der Waals surface area contributed by atoms with Crippen LogP contribution in [0.4, 0.5) is 0 Å². The smallest absolute Gasteiger partial charge is 0.237 e.